The van der Waals surface area contributed by atoms with E-state index in [0.717, 1.165) is 0 Å². The summed E-state index contributed by atoms with van der Waals surface area (Å²) in [6, 6.07) is 0. The normalized spacial score (nSPS) is 41.6. The van der Waals surface area contributed by atoms with E-state index >= 15 is 0 Å². The molecule has 4 aliphatic heterocycles. The molecule has 4 saturated heterocycles. The summed E-state index contributed by atoms with van der Waals surface area (Å²) in [5.41, 5.74) is -2.86. The van der Waals surface area contributed by atoms with E-state index in [1.54, 1.807) is 13.8 Å². The largest absolute Gasteiger partial charge is 0.390 e. The maximum Gasteiger partial charge on any atom is 0.201 e. The smallest absolute Gasteiger partial charge is 0.201 e. The number of hydrogen-bond donors (Lipinski definition) is 0. The zero-order chi connectivity index (χ0) is 25.6. The fourth-order valence-electron chi connectivity index (χ4n) is 4.80. The van der Waals surface area contributed by atoms with Gasteiger partial charge < -0.3 is 37.6 Å². The molecule has 4 rings (SSSR count). The fraction of sp³-hybridized carbons (Fsp3) is 0.958. The van der Waals surface area contributed by atoms with Gasteiger partial charge in [0.05, 0.1) is 19.8 Å². The summed E-state index contributed by atoms with van der Waals surface area (Å²) in [4.78, 5) is 14.3. The minimum absolute atomic E-state index is 0.00747. The molecule has 5 atom stereocenters. The zero-order valence-corrected chi connectivity index (χ0v) is 23.5. The molecule has 0 aromatic heterocycles. The van der Waals surface area contributed by atoms with Crippen LogP contribution in [0.25, 0.3) is 0 Å². The van der Waals surface area contributed by atoms with Crippen molar-refractivity contribution >= 4 is 14.1 Å². The van der Waals surface area contributed by atoms with Crippen LogP contribution in [-0.2, 0) is 42.4 Å². The molecule has 0 unspecified atom stereocenters. The van der Waals surface area contributed by atoms with Crippen LogP contribution >= 0.6 is 0 Å². The van der Waals surface area contributed by atoms with E-state index in [1.165, 1.54) is 0 Å². The van der Waals surface area contributed by atoms with Crippen molar-refractivity contribution in [2.24, 2.45) is 0 Å². The summed E-state index contributed by atoms with van der Waals surface area (Å²) in [6.07, 6.45) is -2.54. The summed E-state index contributed by atoms with van der Waals surface area (Å²) in [6.45, 7) is 21.8. The summed E-state index contributed by atoms with van der Waals surface area (Å²) in [5.74, 6) is -3.10. The first kappa shape index (κ1) is 26.6. The van der Waals surface area contributed by atoms with E-state index < -0.39 is 55.4 Å². The van der Waals surface area contributed by atoms with Crippen LogP contribution in [0.2, 0.25) is 18.1 Å². The number of ketones is 1. The van der Waals surface area contributed by atoms with Crippen LogP contribution < -0.4 is 0 Å². The molecule has 196 valence electrons. The molecule has 4 fully saturated rings. The Morgan fingerprint density at radius 2 is 1.47 bits per heavy atom. The Morgan fingerprint density at radius 1 is 0.882 bits per heavy atom. The molecule has 0 bridgehead atoms. The van der Waals surface area contributed by atoms with Crippen molar-refractivity contribution in [3.63, 3.8) is 0 Å². The van der Waals surface area contributed by atoms with Gasteiger partial charge in [0.15, 0.2) is 49.3 Å². The first-order valence-electron chi connectivity index (χ1n) is 12.1. The third kappa shape index (κ3) is 4.22. The standard InChI is InChI=1S/C24H42O9Si/c1-19(2,3)34(10,11)31-18-24(14-28-22(8,9)33-24)23(13-27-21(6,7)32-23)17(25)16(29-18)15-12-26-20(4,5)30-15/h15-16,18H,12-14H2,1-11H3/t15-,16-,18-,23+,24-/m0/s1. The van der Waals surface area contributed by atoms with Gasteiger partial charge in [-0.15, -0.1) is 0 Å². The van der Waals surface area contributed by atoms with Gasteiger partial charge in [0.25, 0.3) is 0 Å². The van der Waals surface area contributed by atoms with Crippen LogP contribution in [0, 0.1) is 0 Å². The van der Waals surface area contributed by atoms with E-state index in [1.807, 2.05) is 27.7 Å². The van der Waals surface area contributed by atoms with Gasteiger partial charge in [-0.05, 0) is 59.7 Å². The van der Waals surface area contributed by atoms with Crippen LogP contribution in [0.5, 0.6) is 0 Å². The Hall–Kier alpha value is -0.433. The lowest BCUT2D eigenvalue weighted by atomic mass is 9.74. The second-order valence-corrected chi connectivity index (χ2v) is 17.6. The first-order valence-corrected chi connectivity index (χ1v) is 15.0. The summed E-state index contributed by atoms with van der Waals surface area (Å²) in [7, 11) is -2.40. The van der Waals surface area contributed by atoms with Gasteiger partial charge in [-0.25, -0.2) is 0 Å². The average Bonchev–Trinajstić information content (AvgIpc) is 3.29. The van der Waals surface area contributed by atoms with Crippen LogP contribution in [0.3, 0.4) is 0 Å². The van der Waals surface area contributed by atoms with Gasteiger partial charge in [-0.3, -0.25) is 4.79 Å². The topological polar surface area (TPSA) is 90.9 Å². The molecular formula is C24H42O9Si. The van der Waals surface area contributed by atoms with Crippen molar-refractivity contribution < 1.29 is 42.4 Å². The number of rotatable bonds is 3. The highest BCUT2D eigenvalue weighted by Gasteiger charge is 2.77. The van der Waals surface area contributed by atoms with Crippen molar-refractivity contribution in [2.75, 3.05) is 19.8 Å². The monoisotopic (exact) mass is 502 g/mol. The molecule has 0 N–H and O–H groups in total. The minimum Gasteiger partial charge on any atom is -0.390 e. The lowest BCUT2D eigenvalue weighted by Crippen LogP contribution is -2.77. The molecule has 0 aromatic carbocycles. The molecule has 0 saturated carbocycles. The van der Waals surface area contributed by atoms with E-state index in [4.69, 9.17) is 37.6 Å². The highest BCUT2D eigenvalue weighted by Crippen LogP contribution is 2.54. The average molecular weight is 503 g/mol. The molecule has 0 radical (unpaired) electrons. The number of carbonyl (C=O) groups excluding carboxylic acids is 1. The van der Waals surface area contributed by atoms with Crippen LogP contribution in [0.4, 0.5) is 0 Å². The highest BCUT2D eigenvalue weighted by atomic mass is 28.4. The number of carbonyl (C=O) groups is 1. The van der Waals surface area contributed by atoms with Crippen molar-refractivity contribution in [3.8, 4) is 0 Å². The van der Waals surface area contributed by atoms with Gasteiger partial charge >= 0.3 is 0 Å². The zero-order valence-electron chi connectivity index (χ0n) is 22.5. The third-order valence-electron chi connectivity index (χ3n) is 7.67. The summed E-state index contributed by atoms with van der Waals surface area (Å²) in [5, 5.41) is -0.113. The summed E-state index contributed by atoms with van der Waals surface area (Å²) >= 11 is 0. The fourth-order valence-corrected chi connectivity index (χ4v) is 5.93. The van der Waals surface area contributed by atoms with Gasteiger partial charge in [-0.2, -0.15) is 0 Å². The molecule has 2 spiro atoms. The van der Waals surface area contributed by atoms with Gasteiger partial charge in [0, 0.05) is 0 Å². The van der Waals surface area contributed by atoms with E-state index in [-0.39, 0.29) is 30.6 Å². The first-order chi connectivity index (χ1) is 15.3. The maximum atomic E-state index is 14.3. The van der Waals surface area contributed by atoms with E-state index in [0.29, 0.717) is 0 Å². The Labute approximate surface area is 204 Å². The molecule has 4 aliphatic rings. The van der Waals surface area contributed by atoms with Crippen LogP contribution in [-0.4, -0.2) is 81.0 Å². The predicted molar refractivity (Wildman–Crippen MR) is 125 cm³/mol. The number of ether oxygens (including phenoxy) is 7. The van der Waals surface area contributed by atoms with E-state index in [9.17, 15) is 4.79 Å². The Kier molecular flexibility index (Phi) is 6.10. The SMILES string of the molecule is CC1(C)OC[C@@H]([C@@H]2O[C@@H](O[Si](C)(C)C(C)(C)C)[C@@]3(COC(C)(C)O3)[C@@]3(COC(C)(C)O3)C2=O)O1. The van der Waals surface area contributed by atoms with E-state index in [2.05, 4.69) is 33.9 Å². The molecule has 10 heteroatoms. The molecule has 9 nitrogen and oxygen atoms in total. The minimum atomic E-state index is -2.40. The summed E-state index contributed by atoms with van der Waals surface area (Å²) < 4.78 is 50.3. The second kappa shape index (κ2) is 7.78. The second-order valence-electron chi connectivity index (χ2n) is 12.8. The van der Waals surface area contributed by atoms with Crippen LogP contribution in [0.1, 0.15) is 62.3 Å². The molecule has 0 aliphatic carbocycles. The molecular weight excluding hydrogens is 460 g/mol. The molecule has 0 amide bonds. The van der Waals surface area contributed by atoms with Gasteiger partial charge in [0.2, 0.25) is 5.78 Å². The van der Waals surface area contributed by atoms with Crippen molar-refractivity contribution in [1.29, 1.82) is 0 Å². The van der Waals surface area contributed by atoms with Gasteiger partial charge in [0.1, 0.15) is 6.10 Å². The van der Waals surface area contributed by atoms with Crippen molar-refractivity contribution in [1.82, 2.24) is 0 Å². The van der Waals surface area contributed by atoms with Crippen LogP contribution in [0.15, 0.2) is 0 Å². The molecule has 4 heterocycles. The number of hydrogen-bond acceptors (Lipinski definition) is 9. The Balaban J connectivity index is 1.82. The highest BCUT2D eigenvalue weighted by molar-refractivity contribution is 6.74. The maximum absolute atomic E-state index is 14.3. The van der Waals surface area contributed by atoms with Crippen molar-refractivity contribution in [2.45, 2.75) is 128 Å². The number of Topliss-reactive ketones (excluding diaryl/α,β-unsaturated/α-hetero) is 1. The predicted octanol–water partition coefficient (Wildman–Crippen LogP) is 3.50. The van der Waals surface area contributed by atoms with Crippen molar-refractivity contribution in [3.05, 3.63) is 0 Å². The Morgan fingerprint density at radius 3 is 1.91 bits per heavy atom. The number of fused-ring (bicyclic) bond motifs is 1. The molecule has 0 aromatic rings. The Bertz CT molecular complexity index is 833. The lowest BCUT2D eigenvalue weighted by molar-refractivity contribution is -0.330. The quantitative estimate of drug-likeness (QED) is 0.538. The third-order valence-corrected chi connectivity index (χ3v) is 12.1. The van der Waals surface area contributed by atoms with Gasteiger partial charge in [-0.1, -0.05) is 20.8 Å². The lowest BCUT2D eigenvalue weighted by Gasteiger charge is -2.54. The molecule has 34 heavy (non-hydrogen) atoms.